The van der Waals surface area contributed by atoms with E-state index in [4.69, 9.17) is 0 Å². The quantitative estimate of drug-likeness (QED) is 0.547. The van der Waals surface area contributed by atoms with Crippen LogP contribution in [0.3, 0.4) is 0 Å². The van der Waals surface area contributed by atoms with E-state index in [1.54, 1.807) is 17.1 Å². The molecular weight excluding hydrogens is 386 g/mol. The zero-order valence-corrected chi connectivity index (χ0v) is 17.1. The number of fused-ring (bicyclic) bond motifs is 1. The molecule has 3 heterocycles. The van der Waals surface area contributed by atoms with Crippen molar-refractivity contribution in [3.63, 3.8) is 0 Å². The molecular formula is C20H21N7OS. The lowest BCUT2D eigenvalue weighted by Crippen LogP contribution is -2.23. The van der Waals surface area contributed by atoms with Crippen LogP contribution < -0.4 is 4.90 Å². The lowest BCUT2D eigenvalue weighted by Gasteiger charge is -2.24. The maximum Gasteiger partial charge on any atom is 0.244 e. The maximum absolute atomic E-state index is 12.6. The molecule has 1 atom stereocenters. The molecule has 1 aromatic carbocycles. The first kappa shape index (κ1) is 18.0. The van der Waals surface area contributed by atoms with Gasteiger partial charge in [-0.3, -0.25) is 9.31 Å². The first-order valence-corrected chi connectivity index (χ1v) is 10.8. The molecule has 4 aromatic rings. The Kier molecular flexibility index (Phi) is 4.39. The molecule has 29 heavy (non-hydrogen) atoms. The van der Waals surface area contributed by atoms with Gasteiger partial charge in [0.15, 0.2) is 11.5 Å². The molecule has 0 amide bonds. The van der Waals surface area contributed by atoms with E-state index in [1.807, 2.05) is 49.3 Å². The molecule has 9 heteroatoms. The van der Waals surface area contributed by atoms with Gasteiger partial charge in [-0.2, -0.15) is 10.1 Å². The molecule has 0 bridgehead atoms. The molecule has 3 aromatic heterocycles. The predicted molar refractivity (Wildman–Crippen MR) is 113 cm³/mol. The minimum absolute atomic E-state index is 0.273. The maximum atomic E-state index is 12.6. The fourth-order valence-corrected chi connectivity index (χ4v) is 4.89. The number of hydrogen-bond donors (Lipinski definition) is 1. The van der Waals surface area contributed by atoms with E-state index in [1.165, 1.54) is 6.42 Å². The van der Waals surface area contributed by atoms with E-state index in [0.29, 0.717) is 11.8 Å². The van der Waals surface area contributed by atoms with E-state index in [9.17, 15) is 4.21 Å². The van der Waals surface area contributed by atoms with E-state index in [0.717, 1.165) is 40.0 Å². The first-order valence-electron chi connectivity index (χ1n) is 9.55. The van der Waals surface area contributed by atoms with Crippen molar-refractivity contribution in [3.8, 4) is 17.1 Å². The molecule has 0 aliphatic heterocycles. The summed E-state index contributed by atoms with van der Waals surface area (Å²) in [6.07, 6.45) is 6.73. The Hall–Kier alpha value is -3.07. The number of H-pyrrole nitrogens is 1. The molecule has 0 spiro atoms. The highest BCUT2D eigenvalue weighted by molar-refractivity contribution is 7.85. The molecule has 1 fully saturated rings. The lowest BCUT2D eigenvalue weighted by atomic mass is 10.0. The number of aromatic nitrogens is 6. The van der Waals surface area contributed by atoms with Crippen molar-refractivity contribution in [2.24, 2.45) is 0 Å². The van der Waals surface area contributed by atoms with Crippen molar-refractivity contribution in [3.05, 3.63) is 42.7 Å². The molecule has 1 N–H and O–H groups in total. The zero-order chi connectivity index (χ0) is 20.0. The predicted octanol–water partition coefficient (Wildman–Crippen LogP) is 2.93. The van der Waals surface area contributed by atoms with Gasteiger partial charge in [0.2, 0.25) is 5.95 Å². The number of anilines is 1. The van der Waals surface area contributed by atoms with Gasteiger partial charge in [-0.1, -0.05) is 18.6 Å². The summed E-state index contributed by atoms with van der Waals surface area (Å²) in [5, 5.41) is 12.9. The third kappa shape index (κ3) is 3.21. The van der Waals surface area contributed by atoms with Crippen LogP contribution in [-0.4, -0.2) is 53.5 Å². The van der Waals surface area contributed by atoms with Crippen molar-refractivity contribution in [1.29, 1.82) is 0 Å². The Morgan fingerprint density at radius 3 is 2.79 bits per heavy atom. The second-order valence-corrected chi connectivity index (χ2v) is 9.15. The van der Waals surface area contributed by atoms with Crippen molar-refractivity contribution in [2.75, 3.05) is 19.0 Å². The molecule has 5 rings (SSSR count). The molecule has 8 nitrogen and oxygen atoms in total. The summed E-state index contributed by atoms with van der Waals surface area (Å²) in [7, 11) is 2.81. The number of aromatic amines is 1. The summed E-state index contributed by atoms with van der Waals surface area (Å²) >= 11 is 0. The summed E-state index contributed by atoms with van der Waals surface area (Å²) in [5.41, 5.74) is 2.53. The van der Waals surface area contributed by atoms with E-state index < -0.39 is 10.8 Å². The highest BCUT2D eigenvalue weighted by Gasteiger charge is 2.25. The van der Waals surface area contributed by atoms with Crippen LogP contribution in [0.25, 0.3) is 28.1 Å². The van der Waals surface area contributed by atoms with E-state index in [-0.39, 0.29) is 5.25 Å². The molecule has 0 saturated heterocycles. The second kappa shape index (κ2) is 7.07. The van der Waals surface area contributed by atoms with E-state index in [2.05, 4.69) is 25.3 Å². The number of benzene rings is 1. The molecule has 1 aliphatic carbocycles. The van der Waals surface area contributed by atoms with Gasteiger partial charge in [0.05, 0.1) is 27.6 Å². The van der Waals surface area contributed by atoms with Gasteiger partial charge in [-0.05, 0) is 31.0 Å². The average Bonchev–Trinajstić information content (AvgIpc) is 3.34. The minimum Gasteiger partial charge on any atom is -0.346 e. The zero-order valence-electron chi connectivity index (χ0n) is 16.2. The van der Waals surface area contributed by atoms with Crippen molar-refractivity contribution in [2.45, 2.75) is 29.4 Å². The Morgan fingerprint density at radius 2 is 2.07 bits per heavy atom. The van der Waals surface area contributed by atoms with E-state index >= 15 is 0 Å². The van der Waals surface area contributed by atoms with Crippen LogP contribution >= 0.6 is 0 Å². The Balaban J connectivity index is 1.49. The molecule has 0 unspecified atom stereocenters. The summed E-state index contributed by atoms with van der Waals surface area (Å²) in [4.78, 5) is 11.7. The Bertz CT molecular complexity index is 1210. The van der Waals surface area contributed by atoms with Crippen molar-refractivity contribution >= 4 is 27.8 Å². The third-order valence-corrected chi connectivity index (χ3v) is 6.97. The fraction of sp³-hybridized carbons (Fsp3) is 0.300. The fourth-order valence-electron chi connectivity index (χ4n) is 3.34. The second-order valence-electron chi connectivity index (χ2n) is 7.42. The summed E-state index contributed by atoms with van der Waals surface area (Å²) < 4.78 is 14.4. The van der Waals surface area contributed by atoms with Gasteiger partial charge in [0, 0.05) is 36.5 Å². The first-order chi connectivity index (χ1) is 14.1. The van der Waals surface area contributed by atoms with Crippen LogP contribution in [0, 0.1) is 0 Å². The largest absolute Gasteiger partial charge is 0.346 e. The van der Waals surface area contributed by atoms with Gasteiger partial charge in [-0.25, -0.2) is 9.67 Å². The van der Waals surface area contributed by atoms with Crippen LogP contribution in [-0.2, 0) is 10.8 Å². The minimum atomic E-state index is -0.986. The van der Waals surface area contributed by atoms with Gasteiger partial charge < -0.3 is 4.90 Å². The highest BCUT2D eigenvalue weighted by Crippen LogP contribution is 2.29. The van der Waals surface area contributed by atoms with Crippen LogP contribution in [0.2, 0.25) is 0 Å². The molecule has 1 saturated carbocycles. The third-order valence-electron chi connectivity index (χ3n) is 5.21. The Morgan fingerprint density at radius 1 is 1.21 bits per heavy atom. The molecule has 148 valence electrons. The molecule has 0 radical (unpaired) electrons. The van der Waals surface area contributed by atoms with Crippen LogP contribution in [0.4, 0.5) is 5.95 Å². The number of hydrogen-bond acceptors (Lipinski definition) is 6. The summed E-state index contributed by atoms with van der Waals surface area (Å²) in [6, 6.07) is 9.85. The van der Waals surface area contributed by atoms with Crippen LogP contribution in [0.5, 0.6) is 0 Å². The van der Waals surface area contributed by atoms with Gasteiger partial charge in [-0.15, -0.1) is 5.10 Å². The van der Waals surface area contributed by atoms with Gasteiger partial charge >= 0.3 is 0 Å². The van der Waals surface area contributed by atoms with Crippen LogP contribution in [0.15, 0.2) is 47.6 Å². The van der Waals surface area contributed by atoms with Crippen molar-refractivity contribution < 1.29 is 4.21 Å². The molecule has 1 aliphatic rings. The summed E-state index contributed by atoms with van der Waals surface area (Å²) in [5.74, 6) is 1.32. The standard InChI is InChI=1S/C20H21N7OS/c1-26(2)20-23-18(24-25-20)13-5-3-6-15(9-13)27-19-14(11-22-27)10-17(12-21-19)29(28)16-7-4-8-16/h3,5-6,9-12,16H,4,7-8H2,1-2H3,(H,23,24,25)/t29-/m1/s1. The lowest BCUT2D eigenvalue weighted by molar-refractivity contribution is 0.505. The summed E-state index contributed by atoms with van der Waals surface area (Å²) in [6.45, 7) is 0. The van der Waals surface area contributed by atoms with Crippen LogP contribution in [0.1, 0.15) is 19.3 Å². The van der Waals surface area contributed by atoms with Gasteiger partial charge in [0.1, 0.15) is 0 Å². The van der Waals surface area contributed by atoms with Crippen molar-refractivity contribution in [1.82, 2.24) is 29.9 Å². The monoisotopic (exact) mass is 407 g/mol. The number of rotatable bonds is 5. The SMILES string of the molecule is CN(C)c1n[nH]c(-c2cccc(-n3ncc4cc([S@](=O)C5CCC5)cnc43)c2)n1. The highest BCUT2D eigenvalue weighted by atomic mass is 32.2. The number of pyridine rings is 1. The smallest absolute Gasteiger partial charge is 0.244 e. The normalized spacial score (nSPS) is 15.4. The topological polar surface area (TPSA) is 92.6 Å². The number of nitrogens with zero attached hydrogens (tertiary/aromatic N) is 6. The number of nitrogens with one attached hydrogen (secondary N) is 1. The van der Waals surface area contributed by atoms with Gasteiger partial charge in [0.25, 0.3) is 0 Å². The Labute approximate surface area is 170 Å². The average molecular weight is 408 g/mol.